The van der Waals surface area contributed by atoms with Gasteiger partial charge in [-0.2, -0.15) is 0 Å². The van der Waals surface area contributed by atoms with Crippen molar-refractivity contribution in [3.8, 4) is 0 Å². The number of rotatable bonds is 1. The van der Waals surface area contributed by atoms with E-state index in [0.717, 1.165) is 0 Å². The van der Waals surface area contributed by atoms with Gasteiger partial charge in [0.2, 0.25) is 0 Å². The van der Waals surface area contributed by atoms with Crippen LogP contribution in [-0.2, 0) is 0 Å². The Morgan fingerprint density at radius 2 is 2.20 bits per heavy atom. The van der Waals surface area contributed by atoms with Gasteiger partial charge in [0.15, 0.2) is 0 Å². The zero-order valence-corrected chi connectivity index (χ0v) is 4.00. The predicted octanol–water partition coefficient (Wildman–Crippen LogP) is 1.80. The number of hydrogen-bond acceptors (Lipinski definition) is 0. The second-order valence-electron chi connectivity index (χ2n) is 0.913. The molecule has 0 N–H and O–H groups in total. The maximum Gasteiger partial charge on any atom is 0.0485 e. The molecular weight excluding hydrogens is 83.5 g/mol. The lowest BCUT2D eigenvalue weighted by atomic mass is 10.5. The van der Waals surface area contributed by atoms with Crippen LogP contribution in [0.1, 0.15) is 6.92 Å². The SMILES string of the molecule is C=CC(C)Cl. The third-order valence-electron chi connectivity index (χ3n) is 0.325. The van der Waals surface area contributed by atoms with Gasteiger partial charge in [-0.05, 0) is 6.92 Å². The summed E-state index contributed by atoms with van der Waals surface area (Å²) in [6, 6.07) is 0. The van der Waals surface area contributed by atoms with Gasteiger partial charge in [0, 0.05) is 5.38 Å². The molecule has 0 aliphatic heterocycles. The van der Waals surface area contributed by atoms with E-state index in [1.54, 1.807) is 6.08 Å². The Morgan fingerprint density at radius 1 is 2.00 bits per heavy atom. The van der Waals surface area contributed by atoms with Crippen molar-refractivity contribution in [1.82, 2.24) is 0 Å². The summed E-state index contributed by atoms with van der Waals surface area (Å²) in [4.78, 5) is 0. The van der Waals surface area contributed by atoms with E-state index in [1.807, 2.05) is 6.92 Å². The molecule has 0 aromatic heterocycles. The van der Waals surface area contributed by atoms with Crippen molar-refractivity contribution >= 4 is 11.6 Å². The second-order valence-corrected chi connectivity index (χ2v) is 1.60. The van der Waals surface area contributed by atoms with Crippen LogP contribution in [-0.4, -0.2) is 5.38 Å². The van der Waals surface area contributed by atoms with Crippen LogP contribution >= 0.6 is 11.6 Å². The van der Waals surface area contributed by atoms with E-state index in [1.165, 1.54) is 0 Å². The largest absolute Gasteiger partial charge is 0.119 e. The Kier molecular flexibility index (Phi) is 2.29. The number of alkyl halides is 1. The fourth-order valence-electron chi connectivity index (χ4n) is 0. The lowest BCUT2D eigenvalue weighted by Gasteiger charge is -1.81. The van der Waals surface area contributed by atoms with Crippen LogP contribution in [0.15, 0.2) is 12.7 Å². The van der Waals surface area contributed by atoms with Gasteiger partial charge in [0.1, 0.15) is 0 Å². The van der Waals surface area contributed by atoms with E-state index >= 15 is 0 Å². The van der Waals surface area contributed by atoms with E-state index in [0.29, 0.717) is 0 Å². The van der Waals surface area contributed by atoms with Crippen molar-refractivity contribution in [2.45, 2.75) is 12.3 Å². The van der Waals surface area contributed by atoms with Gasteiger partial charge in [-0.3, -0.25) is 0 Å². The average Bonchev–Trinajstić information content (AvgIpc) is 1.38. The molecule has 0 saturated carbocycles. The highest BCUT2D eigenvalue weighted by atomic mass is 35.5. The molecule has 0 radical (unpaired) electrons. The van der Waals surface area contributed by atoms with Crippen molar-refractivity contribution in [1.29, 1.82) is 0 Å². The molecule has 30 valence electrons. The summed E-state index contributed by atoms with van der Waals surface area (Å²) >= 11 is 5.34. The number of hydrogen-bond donors (Lipinski definition) is 0. The average molecular weight is 90.6 g/mol. The molecule has 0 heterocycles. The summed E-state index contributed by atoms with van der Waals surface area (Å²) < 4.78 is 0. The highest BCUT2D eigenvalue weighted by Gasteiger charge is 1.77. The van der Waals surface area contributed by atoms with Crippen LogP contribution in [0.5, 0.6) is 0 Å². The molecule has 1 atom stereocenters. The summed E-state index contributed by atoms with van der Waals surface area (Å²) in [6.07, 6.45) is 1.68. The minimum absolute atomic E-state index is 0.120. The Bertz CT molecular complexity index is 30.6. The van der Waals surface area contributed by atoms with Crippen molar-refractivity contribution in [2.75, 3.05) is 0 Å². The van der Waals surface area contributed by atoms with Gasteiger partial charge in [0.25, 0.3) is 0 Å². The molecular formula is C4H7Cl. The standard InChI is InChI=1S/C4H7Cl/c1-3-4(2)5/h3-4H,1H2,2H3. The molecule has 0 aliphatic rings. The van der Waals surface area contributed by atoms with Gasteiger partial charge in [0.05, 0.1) is 0 Å². The van der Waals surface area contributed by atoms with Gasteiger partial charge in [-0.25, -0.2) is 0 Å². The molecule has 0 bridgehead atoms. The van der Waals surface area contributed by atoms with Gasteiger partial charge in [-0.15, -0.1) is 18.2 Å². The zero-order valence-electron chi connectivity index (χ0n) is 3.24. The monoisotopic (exact) mass is 90.0 g/mol. The maximum atomic E-state index is 5.34. The molecule has 0 aliphatic carbocycles. The summed E-state index contributed by atoms with van der Waals surface area (Å²) in [7, 11) is 0. The number of halogens is 1. The summed E-state index contributed by atoms with van der Waals surface area (Å²) in [6.45, 7) is 5.30. The number of allylic oxidation sites excluding steroid dienone is 1. The van der Waals surface area contributed by atoms with Crippen molar-refractivity contribution in [3.05, 3.63) is 12.7 Å². The highest BCUT2D eigenvalue weighted by Crippen LogP contribution is 1.89. The van der Waals surface area contributed by atoms with Gasteiger partial charge in [-0.1, -0.05) is 6.08 Å². The quantitative estimate of drug-likeness (QED) is 0.340. The summed E-state index contributed by atoms with van der Waals surface area (Å²) in [5, 5.41) is 0.120. The summed E-state index contributed by atoms with van der Waals surface area (Å²) in [5.41, 5.74) is 0. The first kappa shape index (κ1) is 5.03. The van der Waals surface area contributed by atoms with Crippen LogP contribution in [0.4, 0.5) is 0 Å². The maximum absolute atomic E-state index is 5.34. The first-order valence-corrected chi connectivity index (χ1v) is 1.97. The zero-order chi connectivity index (χ0) is 4.28. The van der Waals surface area contributed by atoms with E-state index in [4.69, 9.17) is 11.6 Å². The lowest BCUT2D eigenvalue weighted by molar-refractivity contribution is 1.24. The fourth-order valence-corrected chi connectivity index (χ4v) is 0. The van der Waals surface area contributed by atoms with Crippen molar-refractivity contribution in [2.24, 2.45) is 0 Å². The Hall–Kier alpha value is 0.0300. The molecule has 0 saturated heterocycles. The lowest BCUT2D eigenvalue weighted by Crippen LogP contribution is -1.75. The van der Waals surface area contributed by atoms with Crippen molar-refractivity contribution in [3.63, 3.8) is 0 Å². The Balaban J connectivity index is 2.83. The Morgan fingerprint density at radius 3 is 2.20 bits per heavy atom. The smallest absolute Gasteiger partial charge is 0.0485 e. The molecule has 0 amide bonds. The molecule has 0 fully saturated rings. The van der Waals surface area contributed by atoms with Crippen molar-refractivity contribution < 1.29 is 0 Å². The van der Waals surface area contributed by atoms with Crippen LogP contribution in [0, 0.1) is 0 Å². The first-order valence-electron chi connectivity index (χ1n) is 1.54. The minimum Gasteiger partial charge on any atom is -0.119 e. The minimum atomic E-state index is 0.120. The topological polar surface area (TPSA) is 0 Å². The second kappa shape index (κ2) is 2.28. The predicted molar refractivity (Wildman–Crippen MR) is 25.5 cm³/mol. The Labute approximate surface area is 37.4 Å². The van der Waals surface area contributed by atoms with Gasteiger partial charge < -0.3 is 0 Å². The third-order valence-corrected chi connectivity index (χ3v) is 0.503. The molecule has 1 unspecified atom stereocenters. The molecule has 0 nitrogen and oxygen atoms in total. The highest BCUT2D eigenvalue weighted by molar-refractivity contribution is 6.21. The van der Waals surface area contributed by atoms with E-state index in [9.17, 15) is 0 Å². The van der Waals surface area contributed by atoms with Crippen LogP contribution in [0.3, 0.4) is 0 Å². The van der Waals surface area contributed by atoms with Crippen LogP contribution in [0.2, 0.25) is 0 Å². The van der Waals surface area contributed by atoms with Crippen LogP contribution < -0.4 is 0 Å². The molecule has 5 heavy (non-hydrogen) atoms. The molecule has 0 aromatic carbocycles. The molecule has 1 heteroatoms. The van der Waals surface area contributed by atoms with E-state index in [-0.39, 0.29) is 5.38 Å². The summed E-state index contributed by atoms with van der Waals surface area (Å²) in [5.74, 6) is 0. The normalized spacial score (nSPS) is 14.0. The molecule has 0 spiro atoms. The molecule has 0 aromatic rings. The fraction of sp³-hybridized carbons (Fsp3) is 0.500. The van der Waals surface area contributed by atoms with E-state index in [2.05, 4.69) is 6.58 Å². The van der Waals surface area contributed by atoms with Crippen LogP contribution in [0.25, 0.3) is 0 Å². The van der Waals surface area contributed by atoms with E-state index < -0.39 is 0 Å². The molecule has 0 rings (SSSR count). The van der Waals surface area contributed by atoms with Gasteiger partial charge >= 0.3 is 0 Å². The first-order chi connectivity index (χ1) is 2.27. The third kappa shape index (κ3) is 4.03.